The van der Waals surface area contributed by atoms with Gasteiger partial charge in [-0.15, -0.1) is 0 Å². The second-order valence-corrected chi connectivity index (χ2v) is 6.74. The van der Waals surface area contributed by atoms with Crippen molar-refractivity contribution in [1.82, 2.24) is 15.5 Å². The fourth-order valence-electron chi connectivity index (χ4n) is 2.53. The molecule has 1 aliphatic rings. The lowest BCUT2D eigenvalue weighted by molar-refractivity contribution is 0.221. The van der Waals surface area contributed by atoms with Crippen molar-refractivity contribution in [2.45, 2.75) is 39.2 Å². The van der Waals surface area contributed by atoms with Gasteiger partial charge < -0.3 is 10.6 Å². The van der Waals surface area contributed by atoms with Crippen molar-refractivity contribution in [3.63, 3.8) is 0 Å². The molecule has 0 radical (unpaired) electrons. The van der Waals surface area contributed by atoms with Gasteiger partial charge in [-0.1, -0.05) is 12.2 Å². The van der Waals surface area contributed by atoms with Gasteiger partial charge in [0.2, 0.25) is 0 Å². The second-order valence-electron chi connectivity index (χ2n) is 5.76. The topological polar surface area (TPSA) is 39.7 Å². The van der Waals surface area contributed by atoms with Crippen LogP contribution in [0, 0.1) is 0 Å². The Morgan fingerprint density at radius 1 is 1.38 bits per heavy atom. The number of hydrogen-bond donors (Lipinski definition) is 2. The third kappa shape index (κ3) is 8.37. The van der Waals surface area contributed by atoms with E-state index >= 15 is 0 Å². The van der Waals surface area contributed by atoms with Crippen LogP contribution in [0.2, 0.25) is 0 Å². The van der Waals surface area contributed by atoms with Crippen LogP contribution in [0.3, 0.4) is 0 Å². The monoisotopic (exact) mass is 312 g/mol. The summed E-state index contributed by atoms with van der Waals surface area (Å²) in [6.07, 6.45) is 5.66. The molecule has 2 N–H and O–H groups in total. The van der Waals surface area contributed by atoms with E-state index in [2.05, 4.69) is 47.2 Å². The molecule has 0 spiro atoms. The van der Waals surface area contributed by atoms with Gasteiger partial charge in [-0.2, -0.15) is 11.8 Å². The number of guanidine groups is 1. The van der Waals surface area contributed by atoms with E-state index in [0.717, 1.165) is 45.1 Å². The molecule has 1 saturated heterocycles. The highest BCUT2D eigenvalue weighted by Gasteiger charge is 2.19. The number of thioether (sulfide) groups is 1. The summed E-state index contributed by atoms with van der Waals surface area (Å²) < 4.78 is 0. The maximum Gasteiger partial charge on any atom is 0.191 e. The molecular formula is C16H32N4S. The summed E-state index contributed by atoms with van der Waals surface area (Å²) in [6, 6.07) is 0.546. The van der Waals surface area contributed by atoms with Crippen LogP contribution in [0.15, 0.2) is 17.1 Å². The van der Waals surface area contributed by atoms with Crippen molar-refractivity contribution < 1.29 is 0 Å². The zero-order valence-electron chi connectivity index (χ0n) is 14.0. The molecule has 0 bridgehead atoms. The lowest BCUT2D eigenvalue weighted by atomic mass is 10.0. The maximum absolute atomic E-state index is 4.67. The number of aliphatic imine (C=N–C) groups is 1. The summed E-state index contributed by atoms with van der Waals surface area (Å²) in [5.41, 5.74) is 1.25. The first-order valence-corrected chi connectivity index (χ1v) is 9.45. The summed E-state index contributed by atoms with van der Waals surface area (Å²) >= 11 is 1.88. The highest BCUT2D eigenvalue weighted by molar-refractivity contribution is 7.98. The number of nitrogens with one attached hydrogen (secondary N) is 2. The zero-order valence-corrected chi connectivity index (χ0v) is 14.8. The Morgan fingerprint density at radius 3 is 2.67 bits per heavy atom. The van der Waals surface area contributed by atoms with E-state index in [1.165, 1.54) is 24.2 Å². The predicted octanol–water partition coefficient (Wildman–Crippen LogP) is 2.34. The quantitative estimate of drug-likeness (QED) is 0.312. The van der Waals surface area contributed by atoms with E-state index in [1.54, 1.807) is 0 Å². The summed E-state index contributed by atoms with van der Waals surface area (Å²) in [5, 5.41) is 6.95. The molecule has 0 saturated carbocycles. The highest BCUT2D eigenvalue weighted by Crippen LogP contribution is 2.11. The van der Waals surface area contributed by atoms with Crippen LogP contribution in [0.5, 0.6) is 0 Å². The highest BCUT2D eigenvalue weighted by atomic mass is 32.2. The van der Waals surface area contributed by atoms with Gasteiger partial charge in [0.1, 0.15) is 0 Å². The van der Waals surface area contributed by atoms with Gasteiger partial charge in [-0.3, -0.25) is 9.89 Å². The van der Waals surface area contributed by atoms with E-state index in [9.17, 15) is 0 Å². The Labute approximate surface area is 134 Å². The average Bonchev–Trinajstić information content (AvgIpc) is 2.45. The molecule has 4 nitrogen and oxygen atoms in total. The molecule has 5 heteroatoms. The van der Waals surface area contributed by atoms with Crippen LogP contribution in [0.25, 0.3) is 0 Å². The predicted molar refractivity (Wildman–Crippen MR) is 96.4 cm³/mol. The molecule has 0 amide bonds. The van der Waals surface area contributed by atoms with Crippen molar-refractivity contribution in [2.24, 2.45) is 4.99 Å². The molecule has 1 fully saturated rings. The van der Waals surface area contributed by atoms with Crippen molar-refractivity contribution in [1.29, 1.82) is 0 Å². The van der Waals surface area contributed by atoms with Crippen LogP contribution in [-0.4, -0.2) is 61.6 Å². The molecular weight excluding hydrogens is 280 g/mol. The van der Waals surface area contributed by atoms with Gasteiger partial charge in [0.05, 0.1) is 0 Å². The molecule has 0 atom stereocenters. The first-order valence-electron chi connectivity index (χ1n) is 8.06. The first kappa shape index (κ1) is 18.4. The molecule has 1 rings (SSSR count). The zero-order chi connectivity index (χ0) is 15.5. The van der Waals surface area contributed by atoms with E-state index in [-0.39, 0.29) is 0 Å². The number of piperidine rings is 1. The number of nitrogens with zero attached hydrogens (tertiary/aromatic N) is 2. The van der Waals surface area contributed by atoms with E-state index in [1.807, 2.05) is 11.8 Å². The summed E-state index contributed by atoms with van der Waals surface area (Å²) in [6.45, 7) is 13.4. The maximum atomic E-state index is 4.67. The Balaban J connectivity index is 2.33. The minimum atomic E-state index is 0.546. The normalized spacial score (nSPS) is 17.8. The smallest absolute Gasteiger partial charge is 0.191 e. The molecule has 1 heterocycles. The average molecular weight is 313 g/mol. The number of hydrogen-bond acceptors (Lipinski definition) is 3. The van der Waals surface area contributed by atoms with E-state index in [0.29, 0.717) is 6.04 Å². The van der Waals surface area contributed by atoms with Gasteiger partial charge in [0, 0.05) is 38.8 Å². The summed E-state index contributed by atoms with van der Waals surface area (Å²) in [4.78, 5) is 7.15. The molecule has 122 valence electrons. The Hall–Kier alpha value is -0.680. The van der Waals surface area contributed by atoms with Crippen LogP contribution in [-0.2, 0) is 0 Å². The van der Waals surface area contributed by atoms with Gasteiger partial charge in [0.25, 0.3) is 0 Å². The summed E-state index contributed by atoms with van der Waals surface area (Å²) in [7, 11) is 0. The number of likely N-dealkylation sites (tertiary alicyclic amines) is 1. The molecule has 1 aliphatic heterocycles. The van der Waals surface area contributed by atoms with Crippen LogP contribution in [0.1, 0.15) is 33.1 Å². The largest absolute Gasteiger partial charge is 0.357 e. The molecule has 0 aromatic heterocycles. The van der Waals surface area contributed by atoms with Gasteiger partial charge >= 0.3 is 0 Å². The van der Waals surface area contributed by atoms with Crippen molar-refractivity contribution in [3.8, 4) is 0 Å². The van der Waals surface area contributed by atoms with E-state index in [4.69, 9.17) is 0 Å². The molecule has 0 aromatic carbocycles. The van der Waals surface area contributed by atoms with Crippen molar-refractivity contribution in [2.75, 3.05) is 44.7 Å². The van der Waals surface area contributed by atoms with Crippen LogP contribution < -0.4 is 10.6 Å². The third-order valence-corrected chi connectivity index (χ3v) is 4.24. The Kier molecular flexibility index (Phi) is 9.59. The molecule has 21 heavy (non-hydrogen) atoms. The second kappa shape index (κ2) is 11.0. The fourth-order valence-corrected chi connectivity index (χ4v) is 2.95. The first-order chi connectivity index (χ1) is 10.2. The molecule has 0 unspecified atom stereocenters. The fraction of sp³-hybridized carbons (Fsp3) is 0.812. The Bertz CT molecular complexity index is 322. The standard InChI is InChI=1S/C16H32N4S/c1-5-17-16(18-9-6-12-21-4)19-15-7-10-20(11-8-15)13-14(2)3/h15H,2,5-13H2,1,3-4H3,(H2,17,18,19). The number of rotatable bonds is 8. The van der Waals surface area contributed by atoms with E-state index < -0.39 is 0 Å². The van der Waals surface area contributed by atoms with Crippen LogP contribution in [0.4, 0.5) is 0 Å². The lowest BCUT2D eigenvalue weighted by Crippen LogP contribution is -2.48. The lowest BCUT2D eigenvalue weighted by Gasteiger charge is -2.33. The van der Waals surface area contributed by atoms with Gasteiger partial charge in [-0.05, 0) is 45.1 Å². The molecule has 0 aromatic rings. The van der Waals surface area contributed by atoms with Crippen molar-refractivity contribution in [3.05, 3.63) is 12.2 Å². The van der Waals surface area contributed by atoms with Crippen molar-refractivity contribution >= 4 is 17.7 Å². The molecule has 0 aliphatic carbocycles. The summed E-state index contributed by atoms with van der Waals surface area (Å²) in [5.74, 6) is 2.17. The third-order valence-electron chi connectivity index (χ3n) is 3.54. The minimum absolute atomic E-state index is 0.546. The minimum Gasteiger partial charge on any atom is -0.357 e. The Morgan fingerprint density at radius 2 is 2.10 bits per heavy atom. The van der Waals surface area contributed by atoms with Crippen LogP contribution >= 0.6 is 11.8 Å². The van der Waals surface area contributed by atoms with Gasteiger partial charge in [-0.25, -0.2) is 0 Å². The van der Waals surface area contributed by atoms with Gasteiger partial charge in [0.15, 0.2) is 5.96 Å². The SMILES string of the molecule is C=C(C)CN1CCC(NC(=NCCCSC)NCC)CC1.